The van der Waals surface area contributed by atoms with Crippen molar-refractivity contribution < 1.29 is 13.7 Å². The summed E-state index contributed by atoms with van der Waals surface area (Å²) < 4.78 is 20.3. The van der Waals surface area contributed by atoms with Crippen LogP contribution in [0.2, 0.25) is 0 Å². The first-order chi connectivity index (χ1) is 20.5. The van der Waals surface area contributed by atoms with Crippen molar-refractivity contribution >= 4 is 11.6 Å². The van der Waals surface area contributed by atoms with Crippen LogP contribution in [-0.2, 0) is 15.6 Å². The minimum atomic E-state index is -1.01. The van der Waals surface area contributed by atoms with Gasteiger partial charge in [-0.1, -0.05) is 38.1 Å². The second kappa shape index (κ2) is 9.18. The zero-order valence-corrected chi connectivity index (χ0v) is 25.7. The smallest absolute Gasteiger partial charge is 0.232 e. The highest BCUT2D eigenvalue weighted by Gasteiger charge is 2.69. The highest BCUT2D eigenvalue weighted by Crippen LogP contribution is 2.71. The van der Waals surface area contributed by atoms with Crippen LogP contribution in [0.3, 0.4) is 0 Å². The fourth-order valence-corrected chi connectivity index (χ4v) is 8.58. The molecule has 7 aliphatic carbocycles. The number of hydrogen-bond acceptors (Lipinski definition) is 6. The average Bonchev–Trinajstić information content (AvgIpc) is 3.69. The van der Waals surface area contributed by atoms with E-state index in [-0.39, 0.29) is 27.6 Å². The second-order valence-corrected chi connectivity index (χ2v) is 15.9. The Morgan fingerprint density at radius 1 is 0.977 bits per heavy atom. The van der Waals surface area contributed by atoms with Gasteiger partial charge in [0.05, 0.1) is 0 Å². The zero-order valence-electron chi connectivity index (χ0n) is 25.7. The van der Waals surface area contributed by atoms with Gasteiger partial charge in [0, 0.05) is 53.4 Å². The van der Waals surface area contributed by atoms with Gasteiger partial charge in [0.1, 0.15) is 11.5 Å². The van der Waals surface area contributed by atoms with Gasteiger partial charge < -0.3 is 9.42 Å². The molecule has 226 valence electrons. The first-order valence-corrected chi connectivity index (χ1v) is 16.2. The predicted molar refractivity (Wildman–Crippen MR) is 161 cm³/mol. The van der Waals surface area contributed by atoms with Crippen molar-refractivity contribution in [2.24, 2.45) is 10.8 Å². The number of anilines is 1. The van der Waals surface area contributed by atoms with Crippen molar-refractivity contribution in [3.63, 3.8) is 0 Å². The number of amides is 1. The van der Waals surface area contributed by atoms with Gasteiger partial charge in [-0.2, -0.15) is 4.98 Å². The Bertz CT molecular complexity index is 1520. The monoisotopic (exact) mass is 583 g/mol. The molecule has 1 aromatic carbocycles. The maximum Gasteiger partial charge on any atom is 0.232 e. The molecule has 2 aromatic heterocycles. The highest BCUT2D eigenvalue weighted by molar-refractivity contribution is 5.95. The maximum absolute atomic E-state index is 14.4. The van der Waals surface area contributed by atoms with E-state index in [0.717, 1.165) is 72.9 Å². The quantitative estimate of drug-likeness (QED) is 0.271. The van der Waals surface area contributed by atoms with E-state index in [1.807, 2.05) is 23.4 Å². The van der Waals surface area contributed by atoms with Crippen LogP contribution in [-0.4, -0.2) is 38.2 Å². The number of nitrogens with zero attached hydrogens (tertiary/aromatic N) is 5. The lowest BCUT2D eigenvalue weighted by Gasteiger charge is -2.66. The molecule has 0 spiro atoms. The number of aromatic nitrogens is 4. The number of carbonyl (C=O) groups excluding carboxylic acids is 1. The Morgan fingerprint density at radius 3 is 2.23 bits per heavy atom. The predicted octanol–water partition coefficient (Wildman–Crippen LogP) is 7.61. The molecule has 43 heavy (non-hydrogen) atoms. The third-order valence-corrected chi connectivity index (χ3v) is 11.5. The van der Waals surface area contributed by atoms with Crippen LogP contribution < -0.4 is 4.90 Å². The summed E-state index contributed by atoms with van der Waals surface area (Å²) in [6.45, 7) is 7.03. The Morgan fingerprint density at radius 2 is 1.65 bits per heavy atom. The molecular formula is C35H42FN5O2. The van der Waals surface area contributed by atoms with E-state index < -0.39 is 5.67 Å². The van der Waals surface area contributed by atoms with Gasteiger partial charge in [-0.15, -0.1) is 0 Å². The summed E-state index contributed by atoms with van der Waals surface area (Å²) in [5.74, 6) is 3.14. The highest BCUT2D eigenvalue weighted by atomic mass is 19.1. The maximum atomic E-state index is 14.4. The fraction of sp³-hybridized carbons (Fsp3) is 0.629. The van der Waals surface area contributed by atoms with E-state index in [9.17, 15) is 9.18 Å². The van der Waals surface area contributed by atoms with Crippen LogP contribution in [0.1, 0.15) is 121 Å². The zero-order chi connectivity index (χ0) is 29.7. The van der Waals surface area contributed by atoms with Crippen LogP contribution >= 0.6 is 0 Å². The van der Waals surface area contributed by atoms with Crippen LogP contribution in [0, 0.1) is 10.8 Å². The molecule has 0 radical (unpaired) electrons. The molecule has 0 aliphatic heterocycles. The average molecular weight is 584 g/mol. The van der Waals surface area contributed by atoms with E-state index in [1.54, 1.807) is 0 Å². The molecule has 7 nitrogen and oxygen atoms in total. The number of hydrogen-bond donors (Lipinski definition) is 0. The number of alkyl halides is 1. The van der Waals surface area contributed by atoms with Crippen molar-refractivity contribution in [3.8, 4) is 11.1 Å². The molecule has 7 aliphatic rings. The second-order valence-electron chi connectivity index (χ2n) is 15.9. The largest absolute Gasteiger partial charge is 0.339 e. The molecule has 7 saturated carbocycles. The number of rotatable bonds is 8. The van der Waals surface area contributed by atoms with Gasteiger partial charge in [-0.3, -0.25) is 4.79 Å². The SMILES string of the molecule is CC(C)(C)c1noc(C23CCC(CN(C(=O)CC45CC(F)(C4)C5)c4cccc(-c5cnc(C6CC6)nc5)c4)(CC2)CC3)n1. The van der Waals surface area contributed by atoms with E-state index in [4.69, 9.17) is 9.51 Å². The van der Waals surface area contributed by atoms with Gasteiger partial charge in [0.25, 0.3) is 0 Å². The van der Waals surface area contributed by atoms with E-state index in [0.29, 0.717) is 38.1 Å². The Labute approximate surface area is 253 Å². The third kappa shape index (κ3) is 4.71. The third-order valence-electron chi connectivity index (χ3n) is 11.5. The summed E-state index contributed by atoms with van der Waals surface area (Å²) >= 11 is 0. The van der Waals surface area contributed by atoms with Gasteiger partial charge in [0.15, 0.2) is 5.82 Å². The standard InChI is InChI=1S/C35H42FN5O2/c1-31(2,3)29-39-30(43-40-29)34-12-9-32(10-13-34,11-14-34)22-41(27(42)16-33-19-35(36,20-33)21-33)26-6-4-5-24(15-26)25-17-37-28(38-18-25)23-7-8-23/h4-6,15,17-18,23H,7-14,16,19-22H2,1-3H3. The van der Waals surface area contributed by atoms with Crippen LogP contribution in [0.5, 0.6) is 0 Å². The molecule has 0 saturated heterocycles. The summed E-state index contributed by atoms with van der Waals surface area (Å²) in [7, 11) is 0. The lowest BCUT2D eigenvalue weighted by atomic mass is 9.41. The summed E-state index contributed by atoms with van der Waals surface area (Å²) in [5.41, 5.74) is 1.60. The first-order valence-electron chi connectivity index (χ1n) is 16.2. The van der Waals surface area contributed by atoms with E-state index in [1.165, 1.54) is 12.8 Å². The molecule has 8 heteroatoms. The molecule has 1 amide bonds. The summed E-state index contributed by atoms with van der Waals surface area (Å²) in [6.07, 6.45) is 14.3. The minimum Gasteiger partial charge on any atom is -0.339 e. The molecule has 2 heterocycles. The van der Waals surface area contributed by atoms with Gasteiger partial charge >= 0.3 is 0 Å². The fourth-order valence-electron chi connectivity index (χ4n) is 8.58. The molecule has 0 unspecified atom stereocenters. The number of halogens is 1. The normalized spacial score (nSPS) is 32.7. The summed E-state index contributed by atoms with van der Waals surface area (Å²) in [5, 5.41) is 4.33. The van der Waals surface area contributed by atoms with Crippen molar-refractivity contribution in [2.75, 3.05) is 11.4 Å². The van der Waals surface area contributed by atoms with Gasteiger partial charge in [0.2, 0.25) is 11.8 Å². The number of benzene rings is 1. The van der Waals surface area contributed by atoms with Crippen LogP contribution in [0.15, 0.2) is 41.2 Å². The Hall–Kier alpha value is -3.16. The molecule has 0 N–H and O–H groups in total. The summed E-state index contributed by atoms with van der Waals surface area (Å²) in [6, 6.07) is 8.27. The van der Waals surface area contributed by atoms with Crippen molar-refractivity contribution in [3.05, 3.63) is 54.2 Å². The van der Waals surface area contributed by atoms with Crippen molar-refractivity contribution in [1.29, 1.82) is 0 Å². The van der Waals surface area contributed by atoms with E-state index in [2.05, 4.69) is 54.1 Å². The Balaban J connectivity index is 1.05. The molecular weight excluding hydrogens is 541 g/mol. The van der Waals surface area contributed by atoms with Crippen LogP contribution in [0.4, 0.5) is 10.1 Å². The Kier molecular flexibility index (Phi) is 5.85. The topological polar surface area (TPSA) is 85.0 Å². The van der Waals surface area contributed by atoms with Gasteiger partial charge in [-0.05, 0) is 99.2 Å². The molecule has 0 atom stereocenters. The molecule has 4 bridgehead atoms. The lowest BCUT2D eigenvalue weighted by Crippen LogP contribution is -2.65. The summed E-state index contributed by atoms with van der Waals surface area (Å²) in [4.78, 5) is 30.3. The molecule has 7 fully saturated rings. The molecule has 3 aromatic rings. The number of carbonyl (C=O) groups is 1. The van der Waals surface area contributed by atoms with E-state index >= 15 is 0 Å². The van der Waals surface area contributed by atoms with Gasteiger partial charge in [-0.25, -0.2) is 14.4 Å². The van der Waals surface area contributed by atoms with Crippen LogP contribution in [0.25, 0.3) is 11.1 Å². The lowest BCUT2D eigenvalue weighted by molar-refractivity contribution is -0.215. The first kappa shape index (κ1) is 27.4. The van der Waals surface area contributed by atoms with Crippen molar-refractivity contribution in [1.82, 2.24) is 20.1 Å². The molecule has 10 rings (SSSR count). The number of fused-ring (bicyclic) bond motifs is 3. The van der Waals surface area contributed by atoms with Crippen molar-refractivity contribution in [2.45, 2.75) is 120 Å². The minimum absolute atomic E-state index is 0.0516.